The van der Waals surface area contributed by atoms with E-state index in [2.05, 4.69) is 168 Å². The van der Waals surface area contributed by atoms with Crippen molar-refractivity contribution in [2.75, 3.05) is 0 Å². The quantitative estimate of drug-likeness (QED) is 0.136. The number of benzene rings is 7. The van der Waals surface area contributed by atoms with Crippen LogP contribution < -0.4 is 25.7 Å². The van der Waals surface area contributed by atoms with E-state index in [1.165, 1.54) is 22.3 Å². The fourth-order valence-electron chi connectivity index (χ4n) is 8.65. The number of aryl methyl sites for hydroxylation is 9. The number of phenols is 2. The van der Waals surface area contributed by atoms with Crippen LogP contribution in [0.3, 0.4) is 0 Å². The van der Waals surface area contributed by atoms with Gasteiger partial charge in [0.25, 0.3) is 0 Å². The van der Waals surface area contributed by atoms with Gasteiger partial charge in [0.05, 0.1) is 0 Å². The second kappa shape index (κ2) is 15.4. The van der Waals surface area contributed by atoms with Crippen molar-refractivity contribution in [3.8, 4) is 17.2 Å². The molecule has 2 N–H and O–H groups in total. The van der Waals surface area contributed by atoms with Crippen LogP contribution in [-0.2, 0) is 12.8 Å². The Balaban J connectivity index is 1.66. The second-order valence-corrected chi connectivity index (χ2v) is 20.7. The maximum absolute atomic E-state index is 10.8. The van der Waals surface area contributed by atoms with Crippen LogP contribution >= 0.6 is 6.83 Å². The molecule has 0 aliphatic heterocycles. The van der Waals surface area contributed by atoms with E-state index < -0.39 is 6.83 Å². The van der Waals surface area contributed by atoms with E-state index in [4.69, 9.17) is 4.52 Å². The molecule has 0 fully saturated rings. The summed E-state index contributed by atoms with van der Waals surface area (Å²) in [7, 11) is 0. The molecule has 290 valence electrons. The molecule has 7 aromatic carbocycles. The zero-order chi connectivity index (χ0) is 40.7. The molecule has 0 amide bonds. The monoisotopic (exact) mass is 770 g/mol. The standard InChI is InChI=1S/C53H55O3P/c1-34-10-18-47(19-11-34)57(48-20-12-35(2)13-21-48,49-22-14-36(3)15-23-49,50-24-16-37(4)17-25-50)56-53-45(32-43-28-39(6)51(54)40(7)29-43)26-38(5)27-46(53)33-44-30-41(8)52(55)42(9)31-44/h10-31,54-55H,32-33H2,1-9H3. The molecule has 7 aromatic rings. The number of rotatable bonds is 10. The SMILES string of the molecule is Cc1ccc(P(Oc2c(Cc3cc(C)c(O)c(C)c3)cc(C)cc2Cc2cc(C)c(O)c(C)c2)(c2ccc(C)cc2)(c2ccc(C)cc2)c2ccc(C)cc2)cc1. The Bertz CT molecular complexity index is 2260. The van der Waals surface area contributed by atoms with Gasteiger partial charge < -0.3 is 0 Å². The van der Waals surface area contributed by atoms with E-state index in [1.54, 1.807) is 0 Å². The Labute approximate surface area is 339 Å². The summed E-state index contributed by atoms with van der Waals surface area (Å²) in [6.07, 6.45) is 1.21. The molecule has 7 rings (SSSR count). The van der Waals surface area contributed by atoms with Crippen molar-refractivity contribution < 1.29 is 14.7 Å². The van der Waals surface area contributed by atoms with E-state index in [-0.39, 0.29) is 0 Å². The Morgan fingerprint density at radius 1 is 0.368 bits per heavy atom. The van der Waals surface area contributed by atoms with Crippen molar-refractivity contribution in [1.29, 1.82) is 0 Å². The Morgan fingerprint density at radius 2 is 0.632 bits per heavy atom. The van der Waals surface area contributed by atoms with E-state index in [0.717, 1.165) is 77.0 Å². The predicted octanol–water partition coefficient (Wildman–Crippen LogP) is 11.2. The fourth-order valence-corrected chi connectivity index (χ4v) is 14.3. The zero-order valence-corrected chi connectivity index (χ0v) is 35.8. The van der Waals surface area contributed by atoms with Crippen LogP contribution in [0.5, 0.6) is 17.2 Å². The van der Waals surface area contributed by atoms with Crippen molar-refractivity contribution in [1.82, 2.24) is 0 Å². The first-order valence-electron chi connectivity index (χ1n) is 19.9. The van der Waals surface area contributed by atoms with Gasteiger partial charge in [-0.1, -0.05) is 0 Å². The molecule has 0 aliphatic rings. The molecule has 3 nitrogen and oxygen atoms in total. The molecule has 0 spiro atoms. The molecule has 0 aliphatic carbocycles. The first kappa shape index (κ1) is 39.6. The zero-order valence-electron chi connectivity index (χ0n) is 34.9. The van der Waals surface area contributed by atoms with Crippen LogP contribution in [0.25, 0.3) is 0 Å². The van der Waals surface area contributed by atoms with Gasteiger partial charge in [-0.05, 0) is 0 Å². The van der Waals surface area contributed by atoms with Crippen LogP contribution in [0.2, 0.25) is 0 Å². The van der Waals surface area contributed by atoms with E-state index in [0.29, 0.717) is 24.3 Å². The van der Waals surface area contributed by atoms with Crippen LogP contribution in [0.4, 0.5) is 0 Å². The number of hydrogen-bond donors (Lipinski definition) is 2. The van der Waals surface area contributed by atoms with Crippen LogP contribution in [0, 0.1) is 62.3 Å². The minimum atomic E-state index is -4.19. The Kier molecular flexibility index (Phi) is 10.7. The normalized spacial score (nSPS) is 12.3. The fraction of sp³-hybridized carbons (Fsp3) is 0.208. The summed E-state index contributed by atoms with van der Waals surface area (Å²) < 4.78 is 8.56. The summed E-state index contributed by atoms with van der Waals surface area (Å²) in [5.41, 5.74) is 13.7. The summed E-state index contributed by atoms with van der Waals surface area (Å²) in [4.78, 5) is 0. The Morgan fingerprint density at radius 3 is 0.895 bits per heavy atom. The summed E-state index contributed by atoms with van der Waals surface area (Å²) >= 11 is 0. The average Bonchev–Trinajstić information content (AvgIpc) is 3.17. The number of phenolic OH excluding ortho intramolecular Hbond substituents is 2. The van der Waals surface area contributed by atoms with E-state index in [9.17, 15) is 10.2 Å². The van der Waals surface area contributed by atoms with Crippen molar-refractivity contribution in [2.24, 2.45) is 0 Å². The Hall–Kier alpha value is -5.63. The first-order valence-corrected chi connectivity index (χ1v) is 22.0. The van der Waals surface area contributed by atoms with Crippen LogP contribution in [-0.4, -0.2) is 10.2 Å². The van der Waals surface area contributed by atoms with Gasteiger partial charge in [0, 0.05) is 0 Å². The molecule has 0 saturated carbocycles. The molecule has 0 radical (unpaired) electrons. The molecular weight excluding hydrogens is 716 g/mol. The number of hydrogen-bond acceptors (Lipinski definition) is 3. The molecule has 0 heterocycles. The van der Waals surface area contributed by atoms with Gasteiger partial charge in [-0.3, -0.25) is 0 Å². The van der Waals surface area contributed by atoms with Gasteiger partial charge in [0.1, 0.15) is 0 Å². The van der Waals surface area contributed by atoms with Gasteiger partial charge in [-0.2, -0.15) is 0 Å². The molecule has 0 bridgehead atoms. The maximum atomic E-state index is 10.8. The van der Waals surface area contributed by atoms with Crippen molar-refractivity contribution in [3.63, 3.8) is 0 Å². The molecule has 0 atom stereocenters. The third-order valence-electron chi connectivity index (χ3n) is 11.7. The van der Waals surface area contributed by atoms with Gasteiger partial charge in [-0.25, -0.2) is 0 Å². The van der Waals surface area contributed by atoms with Gasteiger partial charge in [0.2, 0.25) is 0 Å². The van der Waals surface area contributed by atoms with Crippen LogP contribution in [0.15, 0.2) is 133 Å². The van der Waals surface area contributed by atoms with Gasteiger partial charge in [0.15, 0.2) is 0 Å². The van der Waals surface area contributed by atoms with E-state index in [1.807, 2.05) is 27.7 Å². The van der Waals surface area contributed by atoms with Gasteiger partial charge >= 0.3 is 341 Å². The van der Waals surface area contributed by atoms with Gasteiger partial charge in [-0.15, -0.1) is 0 Å². The molecule has 0 saturated heterocycles. The predicted molar refractivity (Wildman–Crippen MR) is 243 cm³/mol. The second-order valence-electron chi connectivity index (χ2n) is 16.4. The van der Waals surface area contributed by atoms with Crippen molar-refractivity contribution in [3.05, 3.63) is 206 Å². The van der Waals surface area contributed by atoms with Crippen molar-refractivity contribution >= 4 is 28.0 Å². The summed E-state index contributed by atoms with van der Waals surface area (Å²) in [5.74, 6) is 1.52. The summed E-state index contributed by atoms with van der Waals surface area (Å²) in [6, 6.07) is 49.0. The molecule has 4 heteroatoms. The summed E-state index contributed by atoms with van der Waals surface area (Å²) in [6.45, 7) is 14.4. The topological polar surface area (TPSA) is 49.7 Å². The third kappa shape index (κ3) is 7.15. The minimum absolute atomic E-state index is 0.334. The third-order valence-corrected chi connectivity index (χ3v) is 17.3. The molecule has 0 unspecified atom stereocenters. The summed E-state index contributed by atoms with van der Waals surface area (Å²) in [5, 5.41) is 26.1. The van der Waals surface area contributed by atoms with Crippen LogP contribution in [0.1, 0.15) is 72.3 Å². The molecular formula is C53H55O3P. The van der Waals surface area contributed by atoms with Crippen molar-refractivity contribution in [2.45, 2.75) is 75.2 Å². The molecule has 57 heavy (non-hydrogen) atoms. The first-order chi connectivity index (χ1) is 27.2. The van der Waals surface area contributed by atoms with E-state index >= 15 is 0 Å². The number of aromatic hydroxyl groups is 2. The molecule has 0 aromatic heterocycles. The average molecular weight is 771 g/mol.